The third-order valence-corrected chi connectivity index (χ3v) is 6.83. The van der Waals surface area contributed by atoms with E-state index in [4.69, 9.17) is 4.74 Å². The van der Waals surface area contributed by atoms with Crippen molar-refractivity contribution in [1.82, 2.24) is 4.57 Å². The average Bonchev–Trinajstić information content (AvgIpc) is 2.84. The molecule has 4 nitrogen and oxygen atoms in total. The Kier molecular flexibility index (Phi) is 7.19. The van der Waals surface area contributed by atoms with E-state index in [1.807, 2.05) is 65.0 Å². The number of nitrogens with zero attached hydrogens (tertiary/aromatic N) is 2. The van der Waals surface area contributed by atoms with Gasteiger partial charge in [0.1, 0.15) is 23.1 Å². The Bertz CT molecular complexity index is 1600. The van der Waals surface area contributed by atoms with Crippen LogP contribution in [0.25, 0.3) is 11.3 Å². The molecule has 0 fully saturated rings. The smallest absolute Gasteiger partial charge is 0.417 e. The van der Waals surface area contributed by atoms with Crippen LogP contribution in [-0.4, -0.2) is 4.57 Å². The summed E-state index contributed by atoms with van der Waals surface area (Å²) in [6.45, 7) is 9.86. The van der Waals surface area contributed by atoms with Crippen molar-refractivity contribution in [3.05, 3.63) is 116 Å². The van der Waals surface area contributed by atoms with Crippen molar-refractivity contribution in [1.29, 1.82) is 5.26 Å². The van der Waals surface area contributed by atoms with Gasteiger partial charge in [0.25, 0.3) is 5.56 Å². The highest BCUT2D eigenvalue weighted by Crippen LogP contribution is 2.35. The van der Waals surface area contributed by atoms with Gasteiger partial charge in [-0.2, -0.15) is 18.4 Å². The summed E-state index contributed by atoms with van der Waals surface area (Å²) in [5, 5.41) is 9.46. The van der Waals surface area contributed by atoms with Crippen molar-refractivity contribution in [3.8, 4) is 28.8 Å². The van der Waals surface area contributed by atoms with Gasteiger partial charge in [0.05, 0.1) is 17.8 Å². The molecule has 3 aromatic carbocycles. The van der Waals surface area contributed by atoms with E-state index in [1.54, 1.807) is 24.3 Å². The Labute approximate surface area is 219 Å². The first-order valence-electron chi connectivity index (χ1n) is 12.1. The Hall–Kier alpha value is -4.31. The summed E-state index contributed by atoms with van der Waals surface area (Å²) < 4.78 is 48.8. The molecule has 4 aromatic rings. The maximum atomic E-state index is 13.9. The Morgan fingerprint density at radius 1 is 0.842 bits per heavy atom. The summed E-state index contributed by atoms with van der Waals surface area (Å²) in [6, 6.07) is 18.4. The van der Waals surface area contributed by atoms with Gasteiger partial charge in [0.2, 0.25) is 0 Å². The molecule has 0 unspecified atom stereocenters. The molecule has 0 saturated carbocycles. The van der Waals surface area contributed by atoms with Crippen LogP contribution in [0.1, 0.15) is 44.5 Å². The summed E-state index contributed by atoms with van der Waals surface area (Å²) >= 11 is 0. The molecule has 0 atom stereocenters. The van der Waals surface area contributed by atoms with Crippen LogP contribution in [0.4, 0.5) is 13.2 Å². The van der Waals surface area contributed by atoms with Gasteiger partial charge in [-0.3, -0.25) is 4.79 Å². The lowest BCUT2D eigenvalue weighted by Crippen LogP contribution is -2.29. The molecule has 1 aromatic heterocycles. The minimum atomic E-state index is -4.86. The number of benzene rings is 3. The molecule has 0 aliphatic rings. The zero-order valence-corrected chi connectivity index (χ0v) is 21.8. The lowest BCUT2D eigenvalue weighted by atomic mass is 10.0. The second-order valence-electron chi connectivity index (χ2n) is 9.56. The van der Waals surface area contributed by atoms with E-state index < -0.39 is 22.9 Å². The fourth-order valence-corrected chi connectivity index (χ4v) is 4.45. The summed E-state index contributed by atoms with van der Waals surface area (Å²) in [5.74, 6) is 1.16. The molecule has 0 spiro atoms. The van der Waals surface area contributed by atoms with E-state index >= 15 is 0 Å². The minimum absolute atomic E-state index is 0.0211. The van der Waals surface area contributed by atoms with Crippen molar-refractivity contribution in [2.75, 3.05) is 0 Å². The third-order valence-electron chi connectivity index (χ3n) is 6.83. The number of nitriles is 1. The topological polar surface area (TPSA) is 55.0 Å². The molecular weight excluding hydrogens is 489 g/mol. The molecule has 0 amide bonds. The van der Waals surface area contributed by atoms with Gasteiger partial charge < -0.3 is 9.30 Å². The van der Waals surface area contributed by atoms with Gasteiger partial charge in [0, 0.05) is 0 Å². The first-order chi connectivity index (χ1) is 17.9. The molecule has 1 heterocycles. The molecule has 0 aliphatic heterocycles. The second kappa shape index (κ2) is 10.2. The van der Waals surface area contributed by atoms with Gasteiger partial charge >= 0.3 is 6.18 Å². The molecular formula is C31H27F3N2O2. The molecule has 0 saturated heterocycles. The number of ether oxygens (including phenoxy) is 1. The van der Waals surface area contributed by atoms with Crippen LogP contribution in [0.3, 0.4) is 0 Å². The monoisotopic (exact) mass is 516 g/mol. The van der Waals surface area contributed by atoms with Crippen LogP contribution in [0.5, 0.6) is 11.5 Å². The quantitative estimate of drug-likeness (QED) is 0.272. The fourth-order valence-electron chi connectivity index (χ4n) is 4.45. The number of pyridine rings is 1. The average molecular weight is 517 g/mol. The highest BCUT2D eigenvalue weighted by molar-refractivity contribution is 5.64. The first kappa shape index (κ1) is 26.7. The molecule has 0 bridgehead atoms. The van der Waals surface area contributed by atoms with Crippen LogP contribution in [-0.2, 0) is 12.7 Å². The standard InChI is InChI=1S/C31H27F3N2O2/c1-18-6-7-24(21(4)12-18)17-36-29(15-28(31(32,33)34)27(16-35)30(36)37)23-8-10-25(11-9-23)38-26-13-19(2)22(5)20(3)14-26/h6-15H,17H2,1-5H3. The summed E-state index contributed by atoms with van der Waals surface area (Å²) in [4.78, 5) is 13.3. The van der Waals surface area contributed by atoms with Crippen LogP contribution in [0.15, 0.2) is 65.5 Å². The lowest BCUT2D eigenvalue weighted by Gasteiger charge is -2.19. The van der Waals surface area contributed by atoms with Gasteiger partial charge in [0.15, 0.2) is 0 Å². The SMILES string of the molecule is Cc1ccc(Cn2c(-c3ccc(Oc4cc(C)c(C)c(C)c4)cc3)cc(C(F)(F)F)c(C#N)c2=O)c(C)c1. The molecule has 38 heavy (non-hydrogen) atoms. The van der Waals surface area contributed by atoms with Crippen molar-refractivity contribution >= 4 is 0 Å². The van der Waals surface area contributed by atoms with Gasteiger partial charge in [-0.25, -0.2) is 0 Å². The van der Waals surface area contributed by atoms with E-state index in [1.165, 1.54) is 16.2 Å². The summed E-state index contributed by atoms with van der Waals surface area (Å²) in [7, 11) is 0. The first-order valence-corrected chi connectivity index (χ1v) is 12.1. The highest BCUT2D eigenvalue weighted by Gasteiger charge is 2.36. The van der Waals surface area contributed by atoms with E-state index in [0.717, 1.165) is 33.9 Å². The van der Waals surface area contributed by atoms with Crippen LogP contribution < -0.4 is 10.3 Å². The van der Waals surface area contributed by atoms with Gasteiger partial charge in [-0.15, -0.1) is 0 Å². The molecule has 0 N–H and O–H groups in total. The molecule has 0 radical (unpaired) electrons. The van der Waals surface area contributed by atoms with Gasteiger partial charge in [-0.05, 0) is 110 Å². The minimum Gasteiger partial charge on any atom is -0.457 e. The molecule has 4 rings (SSSR count). The van der Waals surface area contributed by atoms with Crippen molar-refractivity contribution in [3.63, 3.8) is 0 Å². The molecule has 7 heteroatoms. The van der Waals surface area contributed by atoms with Crippen LogP contribution >= 0.6 is 0 Å². The van der Waals surface area contributed by atoms with E-state index in [-0.39, 0.29) is 12.2 Å². The lowest BCUT2D eigenvalue weighted by molar-refractivity contribution is -0.137. The number of hydrogen-bond donors (Lipinski definition) is 0. The second-order valence-corrected chi connectivity index (χ2v) is 9.56. The van der Waals surface area contributed by atoms with Crippen molar-refractivity contribution < 1.29 is 17.9 Å². The number of aromatic nitrogens is 1. The molecule has 194 valence electrons. The highest BCUT2D eigenvalue weighted by atomic mass is 19.4. The number of hydrogen-bond acceptors (Lipinski definition) is 3. The zero-order valence-electron chi connectivity index (χ0n) is 21.8. The summed E-state index contributed by atoms with van der Waals surface area (Å²) in [6.07, 6.45) is -4.86. The Morgan fingerprint density at radius 2 is 1.47 bits per heavy atom. The maximum absolute atomic E-state index is 13.9. The van der Waals surface area contributed by atoms with Gasteiger partial charge in [-0.1, -0.05) is 23.8 Å². The Morgan fingerprint density at radius 3 is 2.03 bits per heavy atom. The molecule has 0 aliphatic carbocycles. The predicted molar refractivity (Wildman–Crippen MR) is 142 cm³/mol. The largest absolute Gasteiger partial charge is 0.457 e. The number of alkyl halides is 3. The van der Waals surface area contributed by atoms with E-state index in [0.29, 0.717) is 17.1 Å². The number of rotatable bonds is 5. The normalized spacial score (nSPS) is 11.3. The number of halogens is 3. The van der Waals surface area contributed by atoms with E-state index in [2.05, 4.69) is 0 Å². The van der Waals surface area contributed by atoms with Crippen molar-refractivity contribution in [2.45, 2.75) is 47.3 Å². The van der Waals surface area contributed by atoms with Crippen molar-refractivity contribution in [2.24, 2.45) is 0 Å². The predicted octanol–water partition coefficient (Wildman–Crippen LogP) is 7.79. The third kappa shape index (κ3) is 5.35. The fraction of sp³-hybridized carbons (Fsp3) is 0.226. The summed E-state index contributed by atoms with van der Waals surface area (Å²) in [5.41, 5.74) is 3.35. The van der Waals surface area contributed by atoms with Crippen LogP contribution in [0, 0.1) is 45.9 Å². The zero-order chi connectivity index (χ0) is 27.8. The maximum Gasteiger partial charge on any atom is 0.417 e. The Balaban J connectivity index is 1.82. The van der Waals surface area contributed by atoms with Crippen LogP contribution in [0.2, 0.25) is 0 Å². The number of aryl methyl sites for hydroxylation is 4. The van der Waals surface area contributed by atoms with E-state index in [9.17, 15) is 23.2 Å².